The van der Waals surface area contributed by atoms with Crippen molar-refractivity contribution in [1.82, 2.24) is 0 Å². The lowest BCUT2D eigenvalue weighted by Gasteiger charge is -2.10. The quantitative estimate of drug-likeness (QED) is 0.406. The van der Waals surface area contributed by atoms with E-state index in [4.69, 9.17) is 18.9 Å². The Bertz CT molecular complexity index is 814. The zero-order valence-corrected chi connectivity index (χ0v) is 15.3. The fraction of sp³-hybridized carbons (Fsp3) is 0.200. The van der Waals surface area contributed by atoms with E-state index in [-0.39, 0.29) is 35.8 Å². The minimum atomic E-state index is -0.729. The van der Waals surface area contributed by atoms with Crippen LogP contribution in [0.4, 0.5) is 0 Å². The first-order valence-corrected chi connectivity index (χ1v) is 8.27. The molecule has 0 aliphatic heterocycles. The van der Waals surface area contributed by atoms with Crippen molar-refractivity contribution in [2.24, 2.45) is 0 Å². The molecule has 28 heavy (non-hydrogen) atoms. The summed E-state index contributed by atoms with van der Waals surface area (Å²) in [5.41, 5.74) is 0.147. The first-order valence-electron chi connectivity index (χ1n) is 8.27. The molecule has 0 spiro atoms. The Morgan fingerprint density at radius 1 is 0.643 bits per heavy atom. The van der Waals surface area contributed by atoms with Crippen molar-refractivity contribution in [2.45, 2.75) is 13.8 Å². The number of hydrogen-bond donors (Lipinski definition) is 0. The molecule has 146 valence electrons. The van der Waals surface area contributed by atoms with Crippen molar-refractivity contribution in [1.29, 1.82) is 0 Å². The second kappa shape index (κ2) is 9.86. The van der Waals surface area contributed by atoms with E-state index in [1.54, 1.807) is 24.3 Å². The normalized spacial score (nSPS) is 9.93. The molecule has 0 aliphatic rings. The van der Waals surface area contributed by atoms with Crippen LogP contribution in [-0.4, -0.2) is 37.1 Å². The fourth-order valence-corrected chi connectivity index (χ4v) is 2.18. The van der Waals surface area contributed by atoms with Gasteiger partial charge in [0.2, 0.25) is 0 Å². The standard InChI is InChI=1S/C20H18O8/c1-13(21)27-17-9-5-3-7-15(17)19(23)25-11-12-26-20(24)16-8-4-6-10-18(16)28-14(2)22/h3-10H,11-12H2,1-2H3. The number of hydrogen-bond acceptors (Lipinski definition) is 8. The van der Waals surface area contributed by atoms with E-state index in [1.165, 1.54) is 38.1 Å². The second-order valence-electron chi connectivity index (χ2n) is 5.45. The van der Waals surface area contributed by atoms with Gasteiger partial charge in [-0.3, -0.25) is 9.59 Å². The van der Waals surface area contributed by atoms with Crippen molar-refractivity contribution in [3.05, 3.63) is 59.7 Å². The second-order valence-corrected chi connectivity index (χ2v) is 5.45. The number of esters is 4. The number of carbonyl (C=O) groups excluding carboxylic acids is 4. The van der Waals surface area contributed by atoms with Crippen LogP contribution in [0.5, 0.6) is 11.5 Å². The predicted octanol–water partition coefficient (Wildman–Crippen LogP) is 2.55. The molecular weight excluding hydrogens is 368 g/mol. The zero-order valence-electron chi connectivity index (χ0n) is 15.3. The van der Waals surface area contributed by atoms with E-state index < -0.39 is 23.9 Å². The largest absolute Gasteiger partial charge is 0.458 e. The number of rotatable bonds is 7. The number of carbonyl (C=O) groups is 4. The van der Waals surface area contributed by atoms with Crippen LogP contribution < -0.4 is 9.47 Å². The van der Waals surface area contributed by atoms with Gasteiger partial charge in [-0.15, -0.1) is 0 Å². The Kier molecular flexibility index (Phi) is 7.27. The summed E-state index contributed by atoms with van der Waals surface area (Å²) in [5, 5.41) is 0. The van der Waals surface area contributed by atoms with E-state index in [9.17, 15) is 19.2 Å². The van der Waals surface area contributed by atoms with Gasteiger partial charge in [0.25, 0.3) is 0 Å². The molecule has 0 N–H and O–H groups in total. The molecule has 0 bridgehead atoms. The molecule has 0 radical (unpaired) electrons. The topological polar surface area (TPSA) is 105 Å². The van der Waals surface area contributed by atoms with Crippen LogP contribution in [-0.2, 0) is 19.1 Å². The third-order valence-electron chi connectivity index (χ3n) is 3.27. The maximum Gasteiger partial charge on any atom is 0.342 e. The summed E-state index contributed by atoms with van der Waals surface area (Å²) in [7, 11) is 0. The molecule has 0 aromatic heterocycles. The van der Waals surface area contributed by atoms with Gasteiger partial charge in [-0.25, -0.2) is 9.59 Å². The summed E-state index contributed by atoms with van der Waals surface area (Å²) < 4.78 is 20.0. The third-order valence-corrected chi connectivity index (χ3v) is 3.27. The van der Waals surface area contributed by atoms with Crippen LogP contribution in [0.15, 0.2) is 48.5 Å². The van der Waals surface area contributed by atoms with Crippen molar-refractivity contribution >= 4 is 23.9 Å². The smallest absolute Gasteiger partial charge is 0.342 e. The van der Waals surface area contributed by atoms with E-state index >= 15 is 0 Å². The van der Waals surface area contributed by atoms with Gasteiger partial charge in [-0.05, 0) is 24.3 Å². The Balaban J connectivity index is 1.90. The van der Waals surface area contributed by atoms with Gasteiger partial charge in [0.15, 0.2) is 0 Å². The molecule has 0 saturated carbocycles. The van der Waals surface area contributed by atoms with Crippen LogP contribution >= 0.6 is 0 Å². The van der Waals surface area contributed by atoms with Gasteiger partial charge in [0.1, 0.15) is 35.8 Å². The van der Waals surface area contributed by atoms with Gasteiger partial charge in [-0.2, -0.15) is 0 Å². The third kappa shape index (κ3) is 5.94. The lowest BCUT2D eigenvalue weighted by Crippen LogP contribution is -2.16. The van der Waals surface area contributed by atoms with E-state index in [0.29, 0.717) is 0 Å². The van der Waals surface area contributed by atoms with Crippen LogP contribution in [0.1, 0.15) is 34.6 Å². The molecule has 0 unspecified atom stereocenters. The summed E-state index contributed by atoms with van der Waals surface area (Å²) >= 11 is 0. The summed E-state index contributed by atoms with van der Waals surface area (Å²) in [4.78, 5) is 46.4. The zero-order chi connectivity index (χ0) is 20.5. The molecule has 0 aliphatic carbocycles. The van der Waals surface area contributed by atoms with Crippen molar-refractivity contribution < 1.29 is 38.1 Å². The maximum absolute atomic E-state index is 12.1. The van der Waals surface area contributed by atoms with Gasteiger partial charge in [0, 0.05) is 13.8 Å². The minimum absolute atomic E-state index is 0.0734. The fourth-order valence-electron chi connectivity index (χ4n) is 2.18. The highest BCUT2D eigenvalue weighted by atomic mass is 16.6. The summed E-state index contributed by atoms with van der Waals surface area (Å²) in [5.74, 6) is -2.44. The Labute approximate surface area is 161 Å². The van der Waals surface area contributed by atoms with Crippen LogP contribution in [0, 0.1) is 0 Å². The van der Waals surface area contributed by atoms with E-state index in [2.05, 4.69) is 0 Å². The summed E-state index contributed by atoms with van der Waals surface area (Å²) in [6, 6.07) is 12.2. The minimum Gasteiger partial charge on any atom is -0.458 e. The average Bonchev–Trinajstić information content (AvgIpc) is 2.65. The van der Waals surface area contributed by atoms with Gasteiger partial charge >= 0.3 is 23.9 Å². The van der Waals surface area contributed by atoms with Gasteiger partial charge in [0.05, 0.1) is 0 Å². The summed E-state index contributed by atoms with van der Waals surface area (Å²) in [6.07, 6.45) is 0. The molecule has 2 aromatic carbocycles. The predicted molar refractivity (Wildman–Crippen MR) is 96.1 cm³/mol. The highest BCUT2D eigenvalue weighted by molar-refractivity contribution is 5.94. The van der Waals surface area contributed by atoms with Crippen molar-refractivity contribution in [3.63, 3.8) is 0 Å². The average molecular weight is 386 g/mol. The Hall–Kier alpha value is -3.68. The van der Waals surface area contributed by atoms with Gasteiger partial charge < -0.3 is 18.9 Å². The molecule has 0 amide bonds. The SMILES string of the molecule is CC(=O)Oc1ccccc1C(=O)OCCOC(=O)c1ccccc1OC(C)=O. The first kappa shape index (κ1) is 20.6. The number of para-hydroxylation sites is 2. The first-order chi connectivity index (χ1) is 13.4. The van der Waals surface area contributed by atoms with Crippen LogP contribution in [0.25, 0.3) is 0 Å². The molecule has 2 aromatic rings. The van der Waals surface area contributed by atoms with Crippen LogP contribution in [0.3, 0.4) is 0 Å². The van der Waals surface area contributed by atoms with Crippen LogP contribution in [0.2, 0.25) is 0 Å². The number of ether oxygens (including phenoxy) is 4. The number of benzene rings is 2. The molecule has 0 atom stereocenters. The summed E-state index contributed by atoms with van der Waals surface area (Å²) in [6.45, 7) is 2.01. The highest BCUT2D eigenvalue weighted by Gasteiger charge is 2.17. The molecule has 0 saturated heterocycles. The molecular formula is C20H18O8. The Morgan fingerprint density at radius 2 is 1.00 bits per heavy atom. The van der Waals surface area contributed by atoms with Crippen molar-refractivity contribution in [3.8, 4) is 11.5 Å². The molecule has 0 fully saturated rings. The van der Waals surface area contributed by atoms with Gasteiger partial charge in [-0.1, -0.05) is 24.3 Å². The Morgan fingerprint density at radius 3 is 1.36 bits per heavy atom. The molecule has 0 heterocycles. The monoisotopic (exact) mass is 386 g/mol. The van der Waals surface area contributed by atoms with E-state index in [1.807, 2.05) is 0 Å². The molecule has 8 heteroatoms. The van der Waals surface area contributed by atoms with E-state index in [0.717, 1.165) is 0 Å². The lowest BCUT2D eigenvalue weighted by molar-refractivity contribution is -0.132. The molecule has 2 rings (SSSR count). The molecule has 8 nitrogen and oxygen atoms in total. The van der Waals surface area contributed by atoms with Crippen molar-refractivity contribution in [2.75, 3.05) is 13.2 Å². The highest BCUT2D eigenvalue weighted by Crippen LogP contribution is 2.20. The lowest BCUT2D eigenvalue weighted by atomic mass is 10.2. The maximum atomic E-state index is 12.1.